The van der Waals surface area contributed by atoms with Crippen LogP contribution in [0.15, 0.2) is 24.4 Å². The molecule has 1 heterocycles. The summed E-state index contributed by atoms with van der Waals surface area (Å²) in [7, 11) is 0. The second-order valence-corrected chi connectivity index (χ2v) is 5.49. The van der Waals surface area contributed by atoms with Gasteiger partial charge < -0.3 is 21.1 Å². The van der Waals surface area contributed by atoms with E-state index in [4.69, 9.17) is 12.2 Å². The molecule has 0 radical (unpaired) electrons. The Labute approximate surface area is 160 Å². The predicted molar refractivity (Wildman–Crippen MR) is 103 cm³/mol. The Kier molecular flexibility index (Phi) is 13.5. The van der Waals surface area contributed by atoms with Gasteiger partial charge >= 0.3 is 5.97 Å². The highest BCUT2D eigenvalue weighted by Crippen LogP contribution is 2.01. The molecule has 27 heavy (non-hydrogen) atoms. The Morgan fingerprint density at radius 1 is 1.33 bits per heavy atom. The number of anilines is 1. The number of carbonyl (C=O) groups excluding carboxylic acids is 3. The third kappa shape index (κ3) is 14.9. The number of hydrogen-bond donors (Lipinski definition) is 3. The number of amides is 2. The van der Waals surface area contributed by atoms with Crippen LogP contribution in [0, 0.1) is 12.3 Å². The van der Waals surface area contributed by atoms with E-state index in [-0.39, 0.29) is 18.2 Å². The Balaban J connectivity index is 0.000000503. The molecule has 1 aromatic heterocycles. The molecule has 0 saturated heterocycles. The Morgan fingerprint density at radius 3 is 2.59 bits per heavy atom. The zero-order valence-electron chi connectivity index (χ0n) is 15.9. The molecule has 1 rings (SSSR count). The van der Waals surface area contributed by atoms with E-state index in [1.807, 2.05) is 18.2 Å². The van der Waals surface area contributed by atoms with Crippen molar-refractivity contribution < 1.29 is 19.1 Å². The van der Waals surface area contributed by atoms with E-state index in [0.717, 1.165) is 25.2 Å². The van der Waals surface area contributed by atoms with Crippen LogP contribution in [0.2, 0.25) is 0 Å². The highest BCUT2D eigenvalue weighted by atomic mass is 16.5. The van der Waals surface area contributed by atoms with Crippen LogP contribution in [-0.2, 0) is 19.1 Å². The number of pyridine rings is 1. The summed E-state index contributed by atoms with van der Waals surface area (Å²) >= 11 is 0. The van der Waals surface area contributed by atoms with Crippen LogP contribution in [0.4, 0.5) is 5.82 Å². The van der Waals surface area contributed by atoms with Crippen molar-refractivity contribution in [3.8, 4) is 12.3 Å². The van der Waals surface area contributed by atoms with Crippen LogP contribution in [-0.4, -0.2) is 42.0 Å². The molecule has 0 bridgehead atoms. The van der Waals surface area contributed by atoms with Gasteiger partial charge in [0.05, 0.1) is 13.0 Å². The van der Waals surface area contributed by atoms with Gasteiger partial charge in [-0.25, -0.2) is 4.98 Å². The quantitative estimate of drug-likeness (QED) is 0.320. The van der Waals surface area contributed by atoms with E-state index in [0.29, 0.717) is 13.0 Å². The fourth-order valence-electron chi connectivity index (χ4n) is 1.89. The van der Waals surface area contributed by atoms with E-state index in [9.17, 15) is 14.4 Å². The average molecular weight is 376 g/mol. The van der Waals surface area contributed by atoms with Crippen molar-refractivity contribution in [3.63, 3.8) is 0 Å². The number of nitrogens with zero attached hydrogens (tertiary/aromatic N) is 1. The average Bonchev–Trinajstić information content (AvgIpc) is 2.62. The number of terminal acetylenes is 1. The minimum Gasteiger partial charge on any atom is -0.466 e. The minimum absolute atomic E-state index is 0.0178. The Hall–Kier alpha value is -3.08. The number of ether oxygens (including phenoxy) is 1. The van der Waals surface area contributed by atoms with Gasteiger partial charge in [-0.05, 0) is 31.9 Å². The van der Waals surface area contributed by atoms with E-state index >= 15 is 0 Å². The molecule has 0 saturated carbocycles. The lowest BCUT2D eigenvalue weighted by Gasteiger charge is -2.09. The highest BCUT2D eigenvalue weighted by Gasteiger charge is 2.12. The lowest BCUT2D eigenvalue weighted by molar-refractivity contribution is -0.143. The standard InChI is InChI=1S/C10H15N3O.C9H13NO3/c11-9(14)5-1-3-7-12-10-6-2-4-8-13-10;1-4-8(10-7(3)11)6-9(12)13-5-2/h2,4,6,8H,1,3,5,7H2,(H2,11,14)(H,12,13);1,8H,5-6H2,2-3H3,(H,10,11). The predicted octanol–water partition coefficient (Wildman–Crippen LogP) is 1.23. The number of hydrogen-bond acceptors (Lipinski definition) is 6. The summed E-state index contributed by atoms with van der Waals surface area (Å²) < 4.78 is 4.67. The van der Waals surface area contributed by atoms with E-state index in [2.05, 4.69) is 26.3 Å². The summed E-state index contributed by atoms with van der Waals surface area (Å²) in [6.45, 7) is 4.19. The van der Waals surface area contributed by atoms with Crippen molar-refractivity contribution in [2.24, 2.45) is 5.73 Å². The van der Waals surface area contributed by atoms with Crippen LogP contribution in [0.25, 0.3) is 0 Å². The fraction of sp³-hybridized carbons (Fsp3) is 0.474. The zero-order chi connectivity index (χ0) is 20.5. The molecule has 1 atom stereocenters. The normalized spacial score (nSPS) is 10.4. The highest BCUT2D eigenvalue weighted by molar-refractivity contribution is 5.76. The first-order valence-corrected chi connectivity index (χ1v) is 8.71. The number of unbranched alkanes of at least 4 members (excludes halogenated alkanes) is 1. The second-order valence-electron chi connectivity index (χ2n) is 5.49. The van der Waals surface area contributed by atoms with Gasteiger partial charge in [0.1, 0.15) is 11.9 Å². The third-order valence-corrected chi connectivity index (χ3v) is 3.08. The number of carbonyl (C=O) groups is 3. The molecule has 0 aliphatic carbocycles. The third-order valence-electron chi connectivity index (χ3n) is 3.08. The topological polar surface area (TPSA) is 123 Å². The molecular formula is C19H28N4O4. The first-order valence-electron chi connectivity index (χ1n) is 8.71. The minimum atomic E-state index is -0.573. The van der Waals surface area contributed by atoms with Crippen LogP contribution in [0.3, 0.4) is 0 Å². The number of esters is 1. The zero-order valence-corrected chi connectivity index (χ0v) is 15.9. The lowest BCUT2D eigenvalue weighted by atomic mass is 10.2. The van der Waals surface area contributed by atoms with Gasteiger partial charge in [0, 0.05) is 26.1 Å². The maximum Gasteiger partial charge on any atom is 0.308 e. The molecule has 0 aliphatic heterocycles. The van der Waals surface area contributed by atoms with Gasteiger partial charge in [-0.2, -0.15) is 0 Å². The van der Waals surface area contributed by atoms with Crippen LogP contribution >= 0.6 is 0 Å². The van der Waals surface area contributed by atoms with Crippen molar-refractivity contribution in [2.75, 3.05) is 18.5 Å². The summed E-state index contributed by atoms with van der Waals surface area (Å²) in [4.78, 5) is 36.0. The summed E-state index contributed by atoms with van der Waals surface area (Å²) in [6, 6.07) is 5.14. The summed E-state index contributed by atoms with van der Waals surface area (Å²) in [5, 5.41) is 5.60. The molecular weight excluding hydrogens is 348 g/mol. The molecule has 8 heteroatoms. The van der Waals surface area contributed by atoms with Crippen molar-refractivity contribution in [2.45, 2.75) is 45.6 Å². The van der Waals surface area contributed by atoms with Gasteiger partial charge in [-0.15, -0.1) is 6.42 Å². The first-order chi connectivity index (χ1) is 12.9. The van der Waals surface area contributed by atoms with E-state index in [1.165, 1.54) is 6.92 Å². The second kappa shape index (κ2) is 15.2. The molecule has 4 N–H and O–H groups in total. The first kappa shape index (κ1) is 23.9. The van der Waals surface area contributed by atoms with Gasteiger partial charge in [0.25, 0.3) is 0 Å². The van der Waals surface area contributed by atoms with Crippen molar-refractivity contribution in [1.29, 1.82) is 0 Å². The fourth-order valence-corrected chi connectivity index (χ4v) is 1.89. The summed E-state index contributed by atoms with van der Waals surface area (Å²) in [6.07, 6.45) is 9.07. The number of nitrogens with one attached hydrogen (secondary N) is 2. The van der Waals surface area contributed by atoms with Crippen molar-refractivity contribution in [3.05, 3.63) is 24.4 Å². The molecule has 0 spiro atoms. The lowest BCUT2D eigenvalue weighted by Crippen LogP contribution is -2.34. The number of primary amides is 1. The summed E-state index contributed by atoms with van der Waals surface area (Å²) in [5.74, 6) is 2.26. The SMILES string of the molecule is C#CC(CC(=O)OCC)NC(C)=O.NC(=O)CCCCNc1ccccn1. The van der Waals surface area contributed by atoms with E-state index < -0.39 is 12.0 Å². The molecule has 8 nitrogen and oxygen atoms in total. The van der Waals surface area contributed by atoms with Gasteiger partial charge in [-0.3, -0.25) is 14.4 Å². The van der Waals surface area contributed by atoms with Gasteiger partial charge in [0.15, 0.2) is 0 Å². The molecule has 0 fully saturated rings. The van der Waals surface area contributed by atoms with Crippen LogP contribution in [0.5, 0.6) is 0 Å². The molecule has 148 valence electrons. The van der Waals surface area contributed by atoms with Gasteiger partial charge in [0.2, 0.25) is 11.8 Å². The molecule has 2 amide bonds. The van der Waals surface area contributed by atoms with Gasteiger partial charge in [-0.1, -0.05) is 12.0 Å². The number of rotatable bonds is 10. The van der Waals surface area contributed by atoms with Crippen LogP contribution < -0.4 is 16.4 Å². The smallest absolute Gasteiger partial charge is 0.308 e. The molecule has 0 aliphatic rings. The Morgan fingerprint density at radius 2 is 2.07 bits per heavy atom. The maximum absolute atomic E-state index is 10.9. The maximum atomic E-state index is 10.9. The summed E-state index contributed by atoms with van der Waals surface area (Å²) in [5.41, 5.74) is 5.01. The monoisotopic (exact) mass is 376 g/mol. The largest absolute Gasteiger partial charge is 0.466 e. The van der Waals surface area contributed by atoms with Crippen LogP contribution in [0.1, 0.15) is 39.5 Å². The van der Waals surface area contributed by atoms with Crippen molar-refractivity contribution >= 4 is 23.6 Å². The number of aromatic nitrogens is 1. The molecule has 1 aromatic rings. The molecule has 1 unspecified atom stereocenters. The molecule has 0 aromatic carbocycles. The number of nitrogens with two attached hydrogens (primary N) is 1. The van der Waals surface area contributed by atoms with Crippen molar-refractivity contribution in [1.82, 2.24) is 10.3 Å². The van der Waals surface area contributed by atoms with E-state index in [1.54, 1.807) is 13.1 Å². The Bertz CT molecular complexity index is 614.